The standard InChI is InChI=1S/C16H24N2O/c1-4-13-5-7-14(8-6-13)16(2,3)15(19)18-11-9-17-10-12-18/h5-8,17H,4,9-12H2,1-3H3. The maximum absolute atomic E-state index is 12.7. The zero-order chi connectivity index (χ0) is 13.9. The van der Waals surface area contributed by atoms with Crippen molar-refractivity contribution in [2.45, 2.75) is 32.6 Å². The summed E-state index contributed by atoms with van der Waals surface area (Å²) in [5, 5.41) is 3.28. The minimum atomic E-state index is -0.441. The summed E-state index contributed by atoms with van der Waals surface area (Å²) in [6, 6.07) is 8.45. The predicted octanol–water partition coefficient (Wildman–Crippen LogP) is 1.96. The molecular formula is C16H24N2O. The fourth-order valence-electron chi connectivity index (χ4n) is 2.54. The molecule has 1 saturated heterocycles. The van der Waals surface area contributed by atoms with E-state index in [0.29, 0.717) is 0 Å². The fourth-order valence-corrected chi connectivity index (χ4v) is 2.54. The highest BCUT2D eigenvalue weighted by Crippen LogP contribution is 2.26. The molecule has 0 aliphatic carbocycles. The van der Waals surface area contributed by atoms with Crippen LogP contribution in [0.3, 0.4) is 0 Å². The molecule has 0 aromatic heterocycles. The van der Waals surface area contributed by atoms with Crippen LogP contribution < -0.4 is 5.32 Å². The summed E-state index contributed by atoms with van der Waals surface area (Å²) >= 11 is 0. The second-order valence-corrected chi connectivity index (χ2v) is 5.72. The Morgan fingerprint density at radius 3 is 2.32 bits per heavy atom. The number of carbonyl (C=O) groups is 1. The van der Waals surface area contributed by atoms with Crippen LogP contribution in [-0.2, 0) is 16.6 Å². The second kappa shape index (κ2) is 5.74. The molecule has 0 unspecified atom stereocenters. The Hall–Kier alpha value is -1.35. The van der Waals surface area contributed by atoms with Gasteiger partial charge in [-0.2, -0.15) is 0 Å². The molecule has 3 heteroatoms. The van der Waals surface area contributed by atoms with Crippen molar-refractivity contribution >= 4 is 5.91 Å². The molecular weight excluding hydrogens is 236 g/mol. The van der Waals surface area contributed by atoms with Crippen LogP contribution in [0, 0.1) is 0 Å². The van der Waals surface area contributed by atoms with E-state index >= 15 is 0 Å². The van der Waals surface area contributed by atoms with Crippen LogP contribution in [0.25, 0.3) is 0 Å². The molecule has 19 heavy (non-hydrogen) atoms. The molecule has 2 rings (SSSR count). The van der Waals surface area contributed by atoms with Crippen LogP contribution in [0.4, 0.5) is 0 Å². The average molecular weight is 260 g/mol. The molecule has 1 fully saturated rings. The third-order valence-corrected chi connectivity index (χ3v) is 4.02. The number of benzene rings is 1. The fraction of sp³-hybridized carbons (Fsp3) is 0.562. The normalized spacial score (nSPS) is 16.5. The number of piperazine rings is 1. The molecule has 0 atom stereocenters. The van der Waals surface area contributed by atoms with E-state index < -0.39 is 5.41 Å². The summed E-state index contributed by atoms with van der Waals surface area (Å²) in [6.07, 6.45) is 1.03. The van der Waals surface area contributed by atoms with Gasteiger partial charge in [-0.05, 0) is 31.4 Å². The first-order valence-electron chi connectivity index (χ1n) is 7.15. The number of amides is 1. The van der Waals surface area contributed by atoms with Gasteiger partial charge in [-0.3, -0.25) is 4.79 Å². The summed E-state index contributed by atoms with van der Waals surface area (Å²) in [5.74, 6) is 0.234. The summed E-state index contributed by atoms with van der Waals surface area (Å²) < 4.78 is 0. The number of aryl methyl sites for hydroxylation is 1. The highest BCUT2D eigenvalue weighted by Gasteiger charge is 2.34. The summed E-state index contributed by atoms with van der Waals surface area (Å²) in [5.41, 5.74) is 1.98. The minimum absolute atomic E-state index is 0.234. The van der Waals surface area contributed by atoms with Crippen LogP contribution >= 0.6 is 0 Å². The molecule has 1 aromatic rings. The van der Waals surface area contributed by atoms with E-state index in [1.165, 1.54) is 5.56 Å². The lowest BCUT2D eigenvalue weighted by atomic mass is 9.82. The van der Waals surface area contributed by atoms with E-state index in [4.69, 9.17) is 0 Å². The van der Waals surface area contributed by atoms with Crippen LogP contribution in [-0.4, -0.2) is 37.0 Å². The molecule has 1 amide bonds. The topological polar surface area (TPSA) is 32.3 Å². The van der Waals surface area contributed by atoms with Crippen LogP contribution in [0.1, 0.15) is 31.9 Å². The van der Waals surface area contributed by atoms with Crippen LogP contribution in [0.2, 0.25) is 0 Å². The van der Waals surface area contributed by atoms with Crippen molar-refractivity contribution in [1.29, 1.82) is 0 Å². The van der Waals surface area contributed by atoms with E-state index in [1.54, 1.807) is 0 Å². The SMILES string of the molecule is CCc1ccc(C(C)(C)C(=O)N2CCNCC2)cc1. The first kappa shape index (κ1) is 14.1. The third kappa shape index (κ3) is 2.98. The zero-order valence-corrected chi connectivity index (χ0v) is 12.2. The number of nitrogens with one attached hydrogen (secondary N) is 1. The van der Waals surface area contributed by atoms with Gasteiger partial charge in [0.15, 0.2) is 0 Å². The van der Waals surface area contributed by atoms with Crippen LogP contribution in [0.5, 0.6) is 0 Å². The van der Waals surface area contributed by atoms with E-state index in [0.717, 1.165) is 38.2 Å². The van der Waals surface area contributed by atoms with Gasteiger partial charge in [-0.15, -0.1) is 0 Å². The summed E-state index contributed by atoms with van der Waals surface area (Å²) in [4.78, 5) is 14.6. The molecule has 104 valence electrons. The molecule has 1 N–H and O–H groups in total. The number of nitrogens with zero attached hydrogens (tertiary/aromatic N) is 1. The van der Waals surface area contributed by atoms with Gasteiger partial charge < -0.3 is 10.2 Å². The number of hydrogen-bond donors (Lipinski definition) is 1. The molecule has 1 aliphatic rings. The van der Waals surface area contributed by atoms with Gasteiger partial charge in [0, 0.05) is 26.2 Å². The Labute approximate surface area is 116 Å². The smallest absolute Gasteiger partial charge is 0.232 e. The average Bonchev–Trinajstić information content (AvgIpc) is 2.47. The van der Waals surface area contributed by atoms with Crippen molar-refractivity contribution < 1.29 is 4.79 Å². The van der Waals surface area contributed by atoms with E-state index in [1.807, 2.05) is 18.7 Å². The maximum Gasteiger partial charge on any atom is 0.232 e. The van der Waals surface area contributed by atoms with Crippen LogP contribution in [0.15, 0.2) is 24.3 Å². The van der Waals surface area contributed by atoms with Crippen molar-refractivity contribution in [2.75, 3.05) is 26.2 Å². The van der Waals surface area contributed by atoms with Gasteiger partial charge in [0.2, 0.25) is 5.91 Å². The number of rotatable bonds is 3. The lowest BCUT2D eigenvalue weighted by molar-refractivity contribution is -0.136. The zero-order valence-electron chi connectivity index (χ0n) is 12.2. The maximum atomic E-state index is 12.7. The Bertz CT molecular complexity index is 431. The molecule has 0 bridgehead atoms. The molecule has 1 aromatic carbocycles. The molecule has 3 nitrogen and oxygen atoms in total. The Morgan fingerprint density at radius 2 is 1.79 bits per heavy atom. The van der Waals surface area contributed by atoms with Gasteiger partial charge in [-0.1, -0.05) is 31.2 Å². The molecule has 1 aliphatic heterocycles. The van der Waals surface area contributed by atoms with Gasteiger partial charge in [0.25, 0.3) is 0 Å². The molecule has 0 saturated carbocycles. The summed E-state index contributed by atoms with van der Waals surface area (Å²) in [6.45, 7) is 9.63. The van der Waals surface area contributed by atoms with Crippen molar-refractivity contribution in [3.63, 3.8) is 0 Å². The third-order valence-electron chi connectivity index (χ3n) is 4.02. The minimum Gasteiger partial charge on any atom is -0.339 e. The number of carbonyl (C=O) groups excluding carboxylic acids is 1. The quantitative estimate of drug-likeness (QED) is 0.901. The highest BCUT2D eigenvalue weighted by molar-refractivity contribution is 5.87. The van der Waals surface area contributed by atoms with E-state index in [9.17, 15) is 4.79 Å². The molecule has 0 spiro atoms. The Kier molecular flexibility index (Phi) is 4.25. The van der Waals surface area contributed by atoms with Crippen molar-refractivity contribution in [1.82, 2.24) is 10.2 Å². The van der Waals surface area contributed by atoms with Gasteiger partial charge >= 0.3 is 0 Å². The Morgan fingerprint density at radius 1 is 1.21 bits per heavy atom. The summed E-state index contributed by atoms with van der Waals surface area (Å²) in [7, 11) is 0. The lowest BCUT2D eigenvalue weighted by Gasteiger charge is -2.35. The monoisotopic (exact) mass is 260 g/mol. The van der Waals surface area contributed by atoms with Gasteiger partial charge in [0.1, 0.15) is 0 Å². The largest absolute Gasteiger partial charge is 0.339 e. The Balaban J connectivity index is 2.17. The van der Waals surface area contributed by atoms with E-state index in [2.05, 4.69) is 36.5 Å². The first-order chi connectivity index (χ1) is 9.05. The number of hydrogen-bond acceptors (Lipinski definition) is 2. The molecule has 1 heterocycles. The van der Waals surface area contributed by atoms with Crippen molar-refractivity contribution in [2.24, 2.45) is 0 Å². The van der Waals surface area contributed by atoms with E-state index in [-0.39, 0.29) is 5.91 Å². The first-order valence-corrected chi connectivity index (χ1v) is 7.15. The second-order valence-electron chi connectivity index (χ2n) is 5.72. The van der Waals surface area contributed by atoms with Crippen molar-refractivity contribution in [3.8, 4) is 0 Å². The molecule has 0 radical (unpaired) electrons. The lowest BCUT2D eigenvalue weighted by Crippen LogP contribution is -2.51. The highest BCUT2D eigenvalue weighted by atomic mass is 16.2. The van der Waals surface area contributed by atoms with Gasteiger partial charge in [0.05, 0.1) is 5.41 Å². The van der Waals surface area contributed by atoms with Crippen molar-refractivity contribution in [3.05, 3.63) is 35.4 Å². The predicted molar refractivity (Wildman–Crippen MR) is 78.3 cm³/mol. The van der Waals surface area contributed by atoms with Gasteiger partial charge in [-0.25, -0.2) is 0 Å².